The highest BCUT2D eigenvalue weighted by atomic mass is 15.0. The fourth-order valence-electron chi connectivity index (χ4n) is 3.18. The summed E-state index contributed by atoms with van der Waals surface area (Å²) in [5, 5.41) is 0. The van der Waals surface area contributed by atoms with E-state index in [1.54, 1.807) is 0 Å². The third kappa shape index (κ3) is 1.43. The molecule has 0 amide bonds. The maximum absolute atomic E-state index is 6.13. The van der Waals surface area contributed by atoms with Gasteiger partial charge in [-0.3, -0.25) is 0 Å². The summed E-state index contributed by atoms with van der Waals surface area (Å²) in [6.07, 6.45) is 8.65. The number of nitrogens with two attached hydrogens (primary N) is 1. The van der Waals surface area contributed by atoms with Crippen LogP contribution in [0.4, 0.5) is 0 Å². The van der Waals surface area contributed by atoms with Gasteiger partial charge >= 0.3 is 0 Å². The molecular formula is C13H20N2. The van der Waals surface area contributed by atoms with Crippen molar-refractivity contribution in [2.45, 2.75) is 51.1 Å². The first-order chi connectivity index (χ1) is 7.25. The molecule has 3 rings (SSSR count). The summed E-state index contributed by atoms with van der Waals surface area (Å²) in [5.41, 5.74) is 9.08. The van der Waals surface area contributed by atoms with Crippen molar-refractivity contribution >= 4 is 0 Å². The van der Waals surface area contributed by atoms with Crippen LogP contribution in [0.3, 0.4) is 0 Å². The van der Waals surface area contributed by atoms with Crippen molar-refractivity contribution in [3.63, 3.8) is 0 Å². The minimum absolute atomic E-state index is 0.299. The first-order valence-electron chi connectivity index (χ1n) is 6.21. The van der Waals surface area contributed by atoms with Gasteiger partial charge in [-0.1, -0.05) is 6.92 Å². The van der Waals surface area contributed by atoms with Gasteiger partial charge in [0.05, 0.1) is 0 Å². The van der Waals surface area contributed by atoms with Gasteiger partial charge < -0.3 is 10.3 Å². The van der Waals surface area contributed by atoms with Gasteiger partial charge in [-0.15, -0.1) is 0 Å². The monoisotopic (exact) mass is 204 g/mol. The molecule has 2 N–H and O–H groups in total. The molecule has 15 heavy (non-hydrogen) atoms. The summed E-state index contributed by atoms with van der Waals surface area (Å²) >= 11 is 0. The van der Waals surface area contributed by atoms with E-state index < -0.39 is 0 Å². The van der Waals surface area contributed by atoms with Crippen molar-refractivity contribution in [2.75, 3.05) is 0 Å². The van der Waals surface area contributed by atoms with Crippen LogP contribution >= 0.6 is 0 Å². The molecule has 0 radical (unpaired) electrons. The van der Waals surface area contributed by atoms with Crippen LogP contribution in [-0.2, 0) is 6.42 Å². The molecule has 2 heteroatoms. The van der Waals surface area contributed by atoms with Crippen LogP contribution in [0.1, 0.15) is 55.9 Å². The van der Waals surface area contributed by atoms with E-state index in [4.69, 9.17) is 5.73 Å². The highest BCUT2D eigenvalue weighted by Crippen LogP contribution is 2.40. The van der Waals surface area contributed by atoms with Crippen LogP contribution < -0.4 is 5.73 Å². The van der Waals surface area contributed by atoms with E-state index in [9.17, 15) is 0 Å². The lowest BCUT2D eigenvalue weighted by Gasteiger charge is -2.36. The maximum atomic E-state index is 6.13. The molecule has 2 nitrogen and oxygen atoms in total. The Kier molecular flexibility index (Phi) is 2.13. The van der Waals surface area contributed by atoms with E-state index in [-0.39, 0.29) is 0 Å². The third-order valence-electron chi connectivity index (χ3n) is 4.13. The van der Waals surface area contributed by atoms with Crippen molar-refractivity contribution < 1.29 is 0 Å². The lowest BCUT2D eigenvalue weighted by atomic mass is 9.81. The van der Waals surface area contributed by atoms with Crippen molar-refractivity contribution in [1.29, 1.82) is 0 Å². The maximum Gasteiger partial charge on any atom is 0.0338 e. The van der Waals surface area contributed by atoms with E-state index in [1.807, 2.05) is 0 Å². The number of nitrogens with zero attached hydrogens (tertiary/aromatic N) is 1. The predicted octanol–water partition coefficient (Wildman–Crippen LogP) is 2.80. The molecule has 1 aromatic heterocycles. The molecule has 1 aromatic rings. The average molecular weight is 204 g/mol. The summed E-state index contributed by atoms with van der Waals surface area (Å²) in [6.45, 7) is 2.35. The first-order valence-corrected chi connectivity index (χ1v) is 6.21. The molecule has 2 aliphatic carbocycles. The van der Waals surface area contributed by atoms with Gasteiger partial charge in [0.25, 0.3) is 0 Å². The molecule has 1 fully saturated rings. The normalized spacial score (nSPS) is 34.7. The number of rotatable bonds is 1. The minimum atomic E-state index is 0.299. The number of hydrogen-bond acceptors (Lipinski definition) is 1. The van der Waals surface area contributed by atoms with E-state index in [1.165, 1.54) is 36.9 Å². The molecule has 82 valence electrons. The largest absolute Gasteiger partial charge is 0.348 e. The van der Waals surface area contributed by atoms with Gasteiger partial charge in [-0.2, -0.15) is 0 Å². The van der Waals surface area contributed by atoms with Crippen LogP contribution in [-0.4, -0.2) is 4.57 Å². The van der Waals surface area contributed by atoms with Crippen molar-refractivity contribution in [2.24, 2.45) is 11.7 Å². The summed E-state index contributed by atoms with van der Waals surface area (Å²) in [7, 11) is 0. The quantitative estimate of drug-likeness (QED) is 0.749. The van der Waals surface area contributed by atoms with Crippen molar-refractivity contribution in [1.82, 2.24) is 4.57 Å². The van der Waals surface area contributed by atoms with Gasteiger partial charge in [0.2, 0.25) is 0 Å². The number of fused-ring (bicyclic) bond motifs is 1. The summed E-state index contributed by atoms with van der Waals surface area (Å²) in [5.74, 6) is 0.922. The Morgan fingerprint density at radius 3 is 2.93 bits per heavy atom. The summed E-state index contributed by atoms with van der Waals surface area (Å²) < 4.78 is 2.51. The second kappa shape index (κ2) is 3.38. The van der Waals surface area contributed by atoms with Crippen LogP contribution in [0.15, 0.2) is 12.3 Å². The molecule has 2 aliphatic rings. The standard InChI is InChI=1S/C13H20N2/c1-9-7-10(8-9)15-6-5-11-12(14)3-2-4-13(11)15/h5-6,9-10,12H,2-4,7-8,14H2,1H3. The van der Waals surface area contributed by atoms with Crippen LogP contribution in [0, 0.1) is 5.92 Å². The van der Waals surface area contributed by atoms with Gasteiger partial charge in [-0.25, -0.2) is 0 Å². The molecular weight excluding hydrogens is 184 g/mol. The van der Waals surface area contributed by atoms with Crippen LogP contribution in [0.2, 0.25) is 0 Å². The topological polar surface area (TPSA) is 30.9 Å². The molecule has 0 aliphatic heterocycles. The Bertz CT molecular complexity index is 361. The fraction of sp³-hybridized carbons (Fsp3) is 0.692. The van der Waals surface area contributed by atoms with Gasteiger partial charge in [-0.05, 0) is 49.7 Å². The second-order valence-corrected chi connectivity index (χ2v) is 5.35. The van der Waals surface area contributed by atoms with E-state index in [0.29, 0.717) is 6.04 Å². The molecule has 1 atom stereocenters. The van der Waals surface area contributed by atoms with Crippen LogP contribution in [0.5, 0.6) is 0 Å². The first kappa shape index (κ1) is 9.46. The Morgan fingerprint density at radius 1 is 1.40 bits per heavy atom. The van der Waals surface area contributed by atoms with Crippen molar-refractivity contribution in [3.8, 4) is 0 Å². The number of aromatic nitrogens is 1. The average Bonchev–Trinajstić information content (AvgIpc) is 2.58. The third-order valence-corrected chi connectivity index (χ3v) is 4.13. The fourth-order valence-corrected chi connectivity index (χ4v) is 3.18. The zero-order valence-electron chi connectivity index (χ0n) is 9.45. The zero-order chi connectivity index (χ0) is 10.4. The van der Waals surface area contributed by atoms with Gasteiger partial charge in [0.15, 0.2) is 0 Å². The molecule has 1 saturated carbocycles. The SMILES string of the molecule is CC1CC(n2ccc3c2CCCC3N)C1. The summed E-state index contributed by atoms with van der Waals surface area (Å²) in [4.78, 5) is 0. The van der Waals surface area contributed by atoms with E-state index in [0.717, 1.165) is 18.4 Å². The van der Waals surface area contributed by atoms with Crippen molar-refractivity contribution in [3.05, 3.63) is 23.5 Å². The Balaban J connectivity index is 1.90. The molecule has 1 heterocycles. The van der Waals surface area contributed by atoms with Crippen LogP contribution in [0.25, 0.3) is 0 Å². The van der Waals surface area contributed by atoms with Gasteiger partial charge in [0, 0.05) is 24.0 Å². The second-order valence-electron chi connectivity index (χ2n) is 5.35. The molecule has 0 bridgehead atoms. The predicted molar refractivity (Wildman–Crippen MR) is 61.7 cm³/mol. The lowest BCUT2D eigenvalue weighted by molar-refractivity contribution is 0.211. The highest BCUT2D eigenvalue weighted by Gasteiger charge is 2.30. The lowest BCUT2D eigenvalue weighted by Crippen LogP contribution is -2.27. The van der Waals surface area contributed by atoms with E-state index >= 15 is 0 Å². The van der Waals surface area contributed by atoms with E-state index in [2.05, 4.69) is 23.8 Å². The Morgan fingerprint density at radius 2 is 2.20 bits per heavy atom. The Labute approximate surface area is 91.5 Å². The highest BCUT2D eigenvalue weighted by molar-refractivity contribution is 5.29. The minimum Gasteiger partial charge on any atom is -0.348 e. The molecule has 0 aromatic carbocycles. The summed E-state index contributed by atoms with van der Waals surface area (Å²) in [6, 6.07) is 3.32. The number of hydrogen-bond donors (Lipinski definition) is 1. The molecule has 1 unspecified atom stereocenters. The Hall–Kier alpha value is -0.760. The molecule has 0 spiro atoms. The smallest absolute Gasteiger partial charge is 0.0338 e. The van der Waals surface area contributed by atoms with Gasteiger partial charge in [0.1, 0.15) is 0 Å². The molecule has 0 saturated heterocycles. The zero-order valence-corrected chi connectivity index (χ0v) is 9.45.